The van der Waals surface area contributed by atoms with E-state index < -0.39 is 39.0 Å². The van der Waals surface area contributed by atoms with Gasteiger partial charge in [-0.15, -0.1) is 0 Å². The molecule has 0 saturated heterocycles. The summed E-state index contributed by atoms with van der Waals surface area (Å²) >= 11 is 0. The van der Waals surface area contributed by atoms with Gasteiger partial charge in [-0.3, -0.25) is 4.79 Å². The predicted octanol–water partition coefficient (Wildman–Crippen LogP) is 1.70. The van der Waals surface area contributed by atoms with Gasteiger partial charge in [0.2, 0.25) is 0 Å². The quantitative estimate of drug-likeness (QED) is 0.811. The van der Waals surface area contributed by atoms with E-state index in [4.69, 9.17) is 4.74 Å². The molecule has 0 aliphatic heterocycles. The third-order valence-electron chi connectivity index (χ3n) is 4.80. The zero-order chi connectivity index (χ0) is 18.2. The first kappa shape index (κ1) is 17.4. The third-order valence-corrected chi connectivity index (χ3v) is 7.09. The van der Waals surface area contributed by atoms with Crippen LogP contribution in [-0.2, 0) is 14.6 Å². The van der Waals surface area contributed by atoms with Crippen LogP contribution in [0.3, 0.4) is 0 Å². The Kier molecular flexibility index (Phi) is 4.30. The average molecular weight is 362 g/mol. The molecule has 0 bridgehead atoms. The van der Waals surface area contributed by atoms with Gasteiger partial charge in [0.1, 0.15) is 11.2 Å². The van der Waals surface area contributed by atoms with Crippen molar-refractivity contribution in [2.75, 3.05) is 13.7 Å². The van der Waals surface area contributed by atoms with Gasteiger partial charge >= 0.3 is 5.97 Å². The van der Waals surface area contributed by atoms with Crippen LogP contribution in [0.15, 0.2) is 59.5 Å². The SMILES string of the molecule is COc1ccc([C@@H]2[C@H](S(=O)(=O)c3ccccc3)[C@]2(CO)C(=O)O)cc1. The van der Waals surface area contributed by atoms with E-state index in [1.54, 1.807) is 42.5 Å². The van der Waals surface area contributed by atoms with Crippen LogP contribution in [0.5, 0.6) is 5.75 Å². The lowest BCUT2D eigenvalue weighted by atomic mass is 10.00. The highest BCUT2D eigenvalue weighted by Crippen LogP contribution is 2.64. The van der Waals surface area contributed by atoms with E-state index in [1.165, 1.54) is 19.2 Å². The van der Waals surface area contributed by atoms with Crippen molar-refractivity contribution in [1.82, 2.24) is 0 Å². The Labute approximate surface area is 145 Å². The number of sulfone groups is 1. The van der Waals surface area contributed by atoms with Crippen molar-refractivity contribution < 1.29 is 28.2 Å². The third kappa shape index (κ3) is 2.60. The molecule has 3 rings (SSSR count). The lowest BCUT2D eigenvalue weighted by Crippen LogP contribution is -2.27. The smallest absolute Gasteiger partial charge is 0.314 e. The van der Waals surface area contributed by atoms with Crippen molar-refractivity contribution in [3.05, 3.63) is 60.2 Å². The number of benzene rings is 2. The van der Waals surface area contributed by atoms with Crippen LogP contribution < -0.4 is 4.74 Å². The predicted molar refractivity (Wildman–Crippen MR) is 90.3 cm³/mol. The number of hydrogen-bond acceptors (Lipinski definition) is 5. The number of aliphatic carboxylic acids is 1. The summed E-state index contributed by atoms with van der Waals surface area (Å²) in [6.45, 7) is -0.754. The summed E-state index contributed by atoms with van der Waals surface area (Å²) in [4.78, 5) is 11.9. The van der Waals surface area contributed by atoms with Crippen LogP contribution in [0.2, 0.25) is 0 Å². The summed E-state index contributed by atoms with van der Waals surface area (Å²) in [7, 11) is -2.41. The molecule has 0 amide bonds. The molecule has 0 aromatic heterocycles. The fourth-order valence-electron chi connectivity index (χ4n) is 3.41. The molecule has 132 valence electrons. The second-order valence-electron chi connectivity index (χ2n) is 6.03. The van der Waals surface area contributed by atoms with E-state index in [0.717, 1.165) is 0 Å². The van der Waals surface area contributed by atoms with E-state index in [2.05, 4.69) is 0 Å². The fraction of sp³-hybridized carbons (Fsp3) is 0.278. The maximum absolute atomic E-state index is 13.0. The minimum Gasteiger partial charge on any atom is -0.497 e. The second-order valence-corrected chi connectivity index (χ2v) is 8.10. The molecule has 25 heavy (non-hydrogen) atoms. The van der Waals surface area contributed by atoms with Gasteiger partial charge in [0, 0.05) is 5.92 Å². The van der Waals surface area contributed by atoms with Gasteiger partial charge in [0.05, 0.1) is 23.9 Å². The number of carbonyl (C=O) groups is 1. The second kappa shape index (κ2) is 6.16. The van der Waals surface area contributed by atoms with Crippen LogP contribution in [0.1, 0.15) is 11.5 Å². The number of methoxy groups -OCH3 is 1. The Bertz CT molecular complexity index is 876. The van der Waals surface area contributed by atoms with Gasteiger partial charge in [-0.25, -0.2) is 8.42 Å². The summed E-state index contributed by atoms with van der Waals surface area (Å²) in [5, 5.41) is 18.2. The Balaban J connectivity index is 2.08. The summed E-state index contributed by atoms with van der Waals surface area (Å²) in [6, 6.07) is 14.3. The number of hydrogen-bond donors (Lipinski definition) is 2. The Morgan fingerprint density at radius 2 is 1.72 bits per heavy atom. The van der Waals surface area contributed by atoms with Crippen molar-refractivity contribution >= 4 is 15.8 Å². The van der Waals surface area contributed by atoms with E-state index in [-0.39, 0.29) is 4.90 Å². The molecule has 2 aromatic rings. The van der Waals surface area contributed by atoms with Crippen LogP contribution in [0, 0.1) is 5.41 Å². The van der Waals surface area contributed by atoms with Crippen LogP contribution in [-0.4, -0.2) is 43.6 Å². The highest BCUT2D eigenvalue weighted by molar-refractivity contribution is 7.92. The molecule has 1 aliphatic carbocycles. The van der Waals surface area contributed by atoms with E-state index in [0.29, 0.717) is 11.3 Å². The molecule has 0 radical (unpaired) electrons. The van der Waals surface area contributed by atoms with Crippen LogP contribution in [0.4, 0.5) is 0 Å². The first-order chi connectivity index (χ1) is 11.9. The number of carboxylic acid groups (broad SMARTS) is 1. The van der Waals surface area contributed by atoms with Gasteiger partial charge in [0.15, 0.2) is 9.84 Å². The molecule has 1 saturated carbocycles. The van der Waals surface area contributed by atoms with Crippen molar-refractivity contribution in [1.29, 1.82) is 0 Å². The molecule has 7 heteroatoms. The lowest BCUT2D eigenvalue weighted by molar-refractivity contribution is -0.145. The van der Waals surface area contributed by atoms with Gasteiger partial charge < -0.3 is 14.9 Å². The molecule has 0 unspecified atom stereocenters. The molecular formula is C18H18O6S. The standard InChI is InChI=1S/C18H18O6S/c1-24-13-9-7-12(8-10-13)15-16(18(15,11-19)17(20)21)25(22,23)14-5-3-2-4-6-14/h2-10,15-16,19H,11H2,1H3,(H,20,21)/t15-,16+,18-/m1/s1. The van der Waals surface area contributed by atoms with Crippen LogP contribution in [0.25, 0.3) is 0 Å². The Morgan fingerprint density at radius 3 is 2.20 bits per heavy atom. The number of ether oxygens (including phenoxy) is 1. The summed E-state index contributed by atoms with van der Waals surface area (Å²) in [5.74, 6) is -1.57. The van der Waals surface area contributed by atoms with Crippen LogP contribution >= 0.6 is 0 Å². The number of aliphatic hydroxyl groups excluding tert-OH is 1. The molecule has 1 fully saturated rings. The average Bonchev–Trinajstić information content (AvgIpc) is 3.34. The largest absolute Gasteiger partial charge is 0.497 e. The topological polar surface area (TPSA) is 101 Å². The highest BCUT2D eigenvalue weighted by atomic mass is 32.2. The van der Waals surface area contributed by atoms with Crippen molar-refractivity contribution in [3.8, 4) is 5.75 Å². The molecule has 2 aromatic carbocycles. The van der Waals surface area contributed by atoms with Gasteiger partial charge in [0.25, 0.3) is 0 Å². The summed E-state index contributed by atoms with van der Waals surface area (Å²) < 4.78 is 31.0. The zero-order valence-corrected chi connectivity index (χ0v) is 14.3. The van der Waals surface area contributed by atoms with E-state index in [1.807, 2.05) is 0 Å². The summed E-state index contributed by atoms with van der Waals surface area (Å²) in [6.07, 6.45) is 0. The minimum atomic E-state index is -3.92. The first-order valence-electron chi connectivity index (χ1n) is 7.66. The fourth-order valence-corrected chi connectivity index (χ4v) is 5.80. The van der Waals surface area contributed by atoms with Crippen molar-refractivity contribution in [2.45, 2.75) is 16.1 Å². The highest BCUT2D eigenvalue weighted by Gasteiger charge is 2.75. The van der Waals surface area contributed by atoms with Crippen molar-refractivity contribution in [3.63, 3.8) is 0 Å². The van der Waals surface area contributed by atoms with E-state index in [9.17, 15) is 23.4 Å². The Hall–Kier alpha value is -2.38. The monoisotopic (exact) mass is 362 g/mol. The minimum absolute atomic E-state index is 0.0510. The number of aliphatic hydroxyl groups is 1. The molecule has 2 N–H and O–H groups in total. The first-order valence-corrected chi connectivity index (χ1v) is 9.21. The maximum Gasteiger partial charge on any atom is 0.314 e. The number of rotatable bonds is 6. The van der Waals surface area contributed by atoms with Gasteiger partial charge in [-0.1, -0.05) is 30.3 Å². The maximum atomic E-state index is 13.0. The lowest BCUT2D eigenvalue weighted by Gasteiger charge is -2.09. The van der Waals surface area contributed by atoms with Gasteiger partial charge in [-0.05, 0) is 29.8 Å². The molecule has 0 heterocycles. The van der Waals surface area contributed by atoms with Gasteiger partial charge in [-0.2, -0.15) is 0 Å². The van der Waals surface area contributed by atoms with E-state index >= 15 is 0 Å². The number of carboxylic acids is 1. The normalized spacial score (nSPS) is 25.4. The molecule has 0 spiro atoms. The zero-order valence-electron chi connectivity index (χ0n) is 13.5. The van der Waals surface area contributed by atoms with Crippen molar-refractivity contribution in [2.24, 2.45) is 5.41 Å². The summed E-state index contributed by atoms with van der Waals surface area (Å²) in [5.41, 5.74) is -1.20. The molecule has 1 aliphatic rings. The molecular weight excluding hydrogens is 344 g/mol. The molecule has 6 nitrogen and oxygen atoms in total. The molecule has 3 atom stereocenters. The Morgan fingerprint density at radius 1 is 1.12 bits per heavy atom.